The summed E-state index contributed by atoms with van der Waals surface area (Å²) in [7, 11) is 0. The number of benzene rings is 2. The summed E-state index contributed by atoms with van der Waals surface area (Å²) in [6, 6.07) is 9.07. The molecule has 2 aromatic carbocycles. The number of hydrogen-bond acceptors (Lipinski definition) is 3. The Labute approximate surface area is 124 Å². The van der Waals surface area contributed by atoms with Gasteiger partial charge in [0.2, 0.25) is 0 Å². The Hall–Kier alpha value is -2.60. The second kappa shape index (κ2) is 6.23. The number of imide groups is 1. The lowest BCUT2D eigenvalue weighted by Gasteiger charge is -2.09. The molecule has 2 aromatic rings. The Balaban J connectivity index is 2.05. The number of amides is 3. The fraction of sp³-hybridized carbons (Fsp3) is 0. The number of urea groups is 1. The number of rotatable bonds is 2. The molecule has 4 N–H and O–H groups in total. The van der Waals surface area contributed by atoms with Crippen molar-refractivity contribution in [1.82, 2.24) is 5.32 Å². The Morgan fingerprint density at radius 2 is 1.76 bits per heavy atom. The first kappa shape index (κ1) is 14.8. The maximum atomic E-state index is 13.5. The number of carbonyl (C=O) groups excluding carboxylic acids is 2. The second-order valence-electron chi connectivity index (χ2n) is 4.13. The van der Waals surface area contributed by atoms with Crippen LogP contribution in [0, 0.1) is 5.82 Å². The minimum Gasteiger partial charge on any atom is -0.399 e. The van der Waals surface area contributed by atoms with E-state index >= 15 is 0 Å². The van der Waals surface area contributed by atoms with Crippen LogP contribution in [0.5, 0.6) is 0 Å². The third-order valence-corrected chi connectivity index (χ3v) is 2.92. The van der Waals surface area contributed by atoms with Crippen molar-refractivity contribution in [2.45, 2.75) is 0 Å². The molecule has 108 valence electrons. The molecule has 0 fully saturated rings. The van der Waals surface area contributed by atoms with Crippen molar-refractivity contribution in [3.63, 3.8) is 0 Å². The van der Waals surface area contributed by atoms with Gasteiger partial charge in [0.1, 0.15) is 5.82 Å². The maximum Gasteiger partial charge on any atom is 0.326 e. The molecule has 0 atom stereocenters. The number of hydrogen-bond donors (Lipinski definition) is 3. The molecule has 0 heterocycles. The SMILES string of the molecule is Nc1ccc(C(=O)NC(=O)Nc2c(F)cccc2Cl)cc1. The molecule has 0 aromatic heterocycles. The summed E-state index contributed by atoms with van der Waals surface area (Å²) in [5.41, 5.74) is 6.05. The molecule has 0 unspecified atom stereocenters. The van der Waals surface area contributed by atoms with Gasteiger partial charge in [0.05, 0.1) is 10.7 Å². The molecule has 0 saturated carbocycles. The van der Waals surface area contributed by atoms with Gasteiger partial charge >= 0.3 is 6.03 Å². The highest BCUT2D eigenvalue weighted by Crippen LogP contribution is 2.24. The van der Waals surface area contributed by atoms with Crippen LogP contribution in [0.2, 0.25) is 5.02 Å². The Morgan fingerprint density at radius 3 is 2.38 bits per heavy atom. The highest BCUT2D eigenvalue weighted by Gasteiger charge is 2.14. The second-order valence-corrected chi connectivity index (χ2v) is 4.53. The number of halogens is 2. The zero-order chi connectivity index (χ0) is 15.4. The fourth-order valence-corrected chi connectivity index (χ4v) is 1.78. The average molecular weight is 308 g/mol. The van der Waals surface area contributed by atoms with E-state index in [4.69, 9.17) is 17.3 Å². The van der Waals surface area contributed by atoms with E-state index in [1.54, 1.807) is 0 Å². The van der Waals surface area contributed by atoms with Crippen LogP contribution in [0.1, 0.15) is 10.4 Å². The summed E-state index contributed by atoms with van der Waals surface area (Å²) >= 11 is 5.76. The van der Waals surface area contributed by atoms with E-state index in [1.165, 1.54) is 36.4 Å². The Morgan fingerprint density at radius 1 is 1.10 bits per heavy atom. The molecule has 3 amide bonds. The number of para-hydroxylation sites is 1. The molecule has 0 spiro atoms. The summed E-state index contributed by atoms with van der Waals surface area (Å²) in [4.78, 5) is 23.5. The standard InChI is InChI=1S/C14H11ClFN3O2/c15-10-2-1-3-11(16)12(10)18-14(21)19-13(20)8-4-6-9(17)7-5-8/h1-7H,17H2,(H2,18,19,20,21). The fourth-order valence-electron chi connectivity index (χ4n) is 1.57. The highest BCUT2D eigenvalue weighted by atomic mass is 35.5. The molecule has 0 aliphatic carbocycles. The van der Waals surface area contributed by atoms with Crippen molar-refractivity contribution in [3.05, 3.63) is 58.9 Å². The van der Waals surface area contributed by atoms with Crippen LogP contribution in [0.15, 0.2) is 42.5 Å². The number of carbonyl (C=O) groups is 2. The molecule has 0 radical (unpaired) electrons. The average Bonchev–Trinajstić information content (AvgIpc) is 2.43. The molecule has 5 nitrogen and oxygen atoms in total. The quantitative estimate of drug-likeness (QED) is 0.746. The molecule has 21 heavy (non-hydrogen) atoms. The van der Waals surface area contributed by atoms with Gasteiger partial charge < -0.3 is 11.1 Å². The normalized spacial score (nSPS) is 10.0. The third kappa shape index (κ3) is 3.70. The van der Waals surface area contributed by atoms with Crippen molar-refractivity contribution in [2.75, 3.05) is 11.1 Å². The predicted octanol–water partition coefficient (Wildman–Crippen LogP) is 3.02. The van der Waals surface area contributed by atoms with Gasteiger partial charge in [-0.05, 0) is 36.4 Å². The van der Waals surface area contributed by atoms with Crippen LogP contribution >= 0.6 is 11.6 Å². The molecule has 2 rings (SSSR count). The van der Waals surface area contributed by atoms with Crippen LogP contribution in [-0.4, -0.2) is 11.9 Å². The molecule has 0 aliphatic rings. The van der Waals surface area contributed by atoms with Crippen LogP contribution in [0.3, 0.4) is 0 Å². The van der Waals surface area contributed by atoms with Gasteiger partial charge in [-0.3, -0.25) is 10.1 Å². The largest absolute Gasteiger partial charge is 0.399 e. The molecule has 0 bridgehead atoms. The van der Waals surface area contributed by atoms with Gasteiger partial charge in [0, 0.05) is 11.3 Å². The topological polar surface area (TPSA) is 84.2 Å². The maximum absolute atomic E-state index is 13.5. The van der Waals surface area contributed by atoms with Gasteiger partial charge in [-0.2, -0.15) is 0 Å². The highest BCUT2D eigenvalue weighted by molar-refractivity contribution is 6.33. The van der Waals surface area contributed by atoms with E-state index in [0.29, 0.717) is 5.69 Å². The van der Waals surface area contributed by atoms with E-state index in [0.717, 1.165) is 6.07 Å². The molecule has 0 saturated heterocycles. The summed E-state index contributed by atoms with van der Waals surface area (Å²) in [5, 5.41) is 4.28. The van der Waals surface area contributed by atoms with Gasteiger partial charge in [-0.25, -0.2) is 9.18 Å². The van der Waals surface area contributed by atoms with Crippen molar-refractivity contribution < 1.29 is 14.0 Å². The first-order valence-electron chi connectivity index (χ1n) is 5.89. The van der Waals surface area contributed by atoms with Gasteiger partial charge in [0.25, 0.3) is 5.91 Å². The molecule has 0 aliphatic heterocycles. The minimum atomic E-state index is -0.885. The lowest BCUT2D eigenvalue weighted by Crippen LogP contribution is -2.34. The molecular formula is C14H11ClFN3O2. The number of nitrogen functional groups attached to an aromatic ring is 1. The summed E-state index contributed by atoms with van der Waals surface area (Å²) in [6.45, 7) is 0. The van der Waals surface area contributed by atoms with Gasteiger partial charge in [0.15, 0.2) is 0 Å². The number of nitrogens with one attached hydrogen (secondary N) is 2. The van der Waals surface area contributed by atoms with E-state index in [1.807, 2.05) is 0 Å². The van der Waals surface area contributed by atoms with E-state index in [2.05, 4.69) is 10.6 Å². The number of nitrogens with two attached hydrogens (primary N) is 1. The van der Waals surface area contributed by atoms with Gasteiger partial charge in [-0.1, -0.05) is 17.7 Å². The van der Waals surface area contributed by atoms with Crippen LogP contribution in [0.4, 0.5) is 20.6 Å². The lowest BCUT2D eigenvalue weighted by atomic mass is 10.2. The first-order chi connectivity index (χ1) is 9.97. The third-order valence-electron chi connectivity index (χ3n) is 2.60. The monoisotopic (exact) mass is 307 g/mol. The summed E-state index contributed by atoms with van der Waals surface area (Å²) in [6.07, 6.45) is 0. The van der Waals surface area contributed by atoms with E-state index < -0.39 is 17.8 Å². The van der Waals surface area contributed by atoms with E-state index in [9.17, 15) is 14.0 Å². The molecule has 7 heteroatoms. The number of anilines is 2. The van der Waals surface area contributed by atoms with Crippen LogP contribution < -0.4 is 16.4 Å². The zero-order valence-corrected chi connectivity index (χ0v) is 11.4. The summed E-state index contributed by atoms with van der Waals surface area (Å²) in [5.74, 6) is -1.34. The predicted molar refractivity (Wildman–Crippen MR) is 78.7 cm³/mol. The summed E-state index contributed by atoms with van der Waals surface area (Å²) < 4.78 is 13.5. The van der Waals surface area contributed by atoms with E-state index in [-0.39, 0.29) is 16.3 Å². The van der Waals surface area contributed by atoms with Crippen molar-refractivity contribution >= 4 is 34.9 Å². The van der Waals surface area contributed by atoms with Crippen molar-refractivity contribution in [3.8, 4) is 0 Å². The Kier molecular flexibility index (Phi) is 4.39. The first-order valence-corrected chi connectivity index (χ1v) is 6.27. The minimum absolute atomic E-state index is 0.0325. The smallest absolute Gasteiger partial charge is 0.326 e. The van der Waals surface area contributed by atoms with Crippen molar-refractivity contribution in [2.24, 2.45) is 0 Å². The Bertz CT molecular complexity index is 669. The molecular weight excluding hydrogens is 297 g/mol. The van der Waals surface area contributed by atoms with Crippen LogP contribution in [0.25, 0.3) is 0 Å². The zero-order valence-electron chi connectivity index (χ0n) is 10.7. The van der Waals surface area contributed by atoms with Crippen molar-refractivity contribution in [1.29, 1.82) is 0 Å². The van der Waals surface area contributed by atoms with Crippen LogP contribution in [-0.2, 0) is 0 Å². The van der Waals surface area contributed by atoms with Gasteiger partial charge in [-0.15, -0.1) is 0 Å². The lowest BCUT2D eigenvalue weighted by molar-refractivity contribution is 0.0967.